The van der Waals surface area contributed by atoms with Gasteiger partial charge in [0.15, 0.2) is 0 Å². The number of carbonyl (C=O) groups excluding carboxylic acids is 2. The van der Waals surface area contributed by atoms with E-state index < -0.39 is 0 Å². The summed E-state index contributed by atoms with van der Waals surface area (Å²) in [6.07, 6.45) is 1.59. The molecule has 0 aliphatic carbocycles. The van der Waals surface area contributed by atoms with Crippen molar-refractivity contribution in [3.05, 3.63) is 88.2 Å². The van der Waals surface area contributed by atoms with Gasteiger partial charge in [0.25, 0.3) is 11.8 Å². The number of hydrogen-bond acceptors (Lipinski definition) is 5. The highest BCUT2D eigenvalue weighted by atomic mass is 32.2. The Hall–Kier alpha value is -3.25. The fraction of sp³-hybridized carbons (Fsp3) is 0.167. The maximum Gasteiger partial charge on any atom is 0.272 e. The van der Waals surface area contributed by atoms with Crippen LogP contribution < -0.4 is 9.64 Å². The van der Waals surface area contributed by atoms with Gasteiger partial charge in [-0.3, -0.25) is 9.59 Å². The molecule has 0 radical (unpaired) electrons. The molecule has 6 heteroatoms. The lowest BCUT2D eigenvalue weighted by atomic mass is 10.1. The number of rotatable bonds is 6. The van der Waals surface area contributed by atoms with Gasteiger partial charge in [0.1, 0.15) is 11.5 Å². The second-order valence-electron chi connectivity index (χ2n) is 7.01. The lowest BCUT2D eigenvalue weighted by molar-refractivity contribution is -0.119. The minimum atomic E-state index is -0.324. The summed E-state index contributed by atoms with van der Waals surface area (Å²) in [4.78, 5) is 28.4. The summed E-state index contributed by atoms with van der Waals surface area (Å²) in [5.74, 6) is 1.25. The minimum Gasteiger partial charge on any atom is -0.497 e. The SMILES string of the molecule is COc1ccc(C2=C(SCc3ccco3)C(=O)N(c3ccc(C)c(C)c3)C2=O)cc1. The van der Waals surface area contributed by atoms with E-state index in [1.807, 2.05) is 38.1 Å². The Kier molecular flexibility index (Phi) is 5.50. The standard InChI is InChI=1S/C24H21NO4S/c1-15-6-9-18(13-16(15)2)25-23(26)21(17-7-10-19(28-3)11-8-17)22(24(25)27)30-14-20-5-4-12-29-20/h4-13H,14H2,1-3H3. The van der Waals surface area contributed by atoms with Crippen molar-refractivity contribution in [3.8, 4) is 5.75 Å². The Morgan fingerprint density at radius 1 is 0.967 bits per heavy atom. The highest BCUT2D eigenvalue weighted by Gasteiger charge is 2.40. The first-order chi connectivity index (χ1) is 14.5. The molecule has 0 fully saturated rings. The zero-order valence-corrected chi connectivity index (χ0v) is 17.8. The summed E-state index contributed by atoms with van der Waals surface area (Å²) < 4.78 is 10.6. The molecule has 1 aliphatic heterocycles. The zero-order chi connectivity index (χ0) is 21.3. The zero-order valence-electron chi connectivity index (χ0n) is 17.0. The third-order valence-electron chi connectivity index (χ3n) is 5.11. The van der Waals surface area contributed by atoms with E-state index in [-0.39, 0.29) is 11.8 Å². The van der Waals surface area contributed by atoms with Crippen LogP contribution in [0.25, 0.3) is 5.57 Å². The largest absolute Gasteiger partial charge is 0.497 e. The minimum absolute atomic E-state index is 0.314. The predicted octanol–water partition coefficient (Wildman–Crippen LogP) is 5.12. The number of furan rings is 1. The molecule has 4 rings (SSSR count). The van der Waals surface area contributed by atoms with Crippen molar-refractivity contribution in [2.45, 2.75) is 19.6 Å². The number of anilines is 1. The van der Waals surface area contributed by atoms with E-state index in [9.17, 15) is 9.59 Å². The van der Waals surface area contributed by atoms with Crippen LogP contribution in [-0.2, 0) is 15.3 Å². The fourth-order valence-electron chi connectivity index (χ4n) is 3.29. The van der Waals surface area contributed by atoms with Gasteiger partial charge in [0.2, 0.25) is 0 Å². The van der Waals surface area contributed by atoms with E-state index in [2.05, 4.69) is 0 Å². The Morgan fingerprint density at radius 2 is 1.73 bits per heavy atom. The lowest BCUT2D eigenvalue weighted by Crippen LogP contribution is -2.31. The molecule has 3 aromatic rings. The molecule has 30 heavy (non-hydrogen) atoms. The molecular formula is C24H21NO4S. The molecular weight excluding hydrogens is 398 g/mol. The molecule has 0 atom stereocenters. The maximum absolute atomic E-state index is 13.4. The normalized spacial score (nSPS) is 14.0. The van der Waals surface area contributed by atoms with E-state index in [1.54, 1.807) is 43.7 Å². The molecule has 5 nitrogen and oxygen atoms in total. The molecule has 2 amide bonds. The smallest absolute Gasteiger partial charge is 0.272 e. The quantitative estimate of drug-likeness (QED) is 0.519. The van der Waals surface area contributed by atoms with Crippen LogP contribution in [0.15, 0.2) is 70.2 Å². The van der Waals surface area contributed by atoms with E-state index in [0.717, 1.165) is 16.9 Å². The molecule has 0 bridgehead atoms. The summed E-state index contributed by atoms with van der Waals surface area (Å²) in [5, 5.41) is 0. The molecule has 1 aliphatic rings. The van der Waals surface area contributed by atoms with Crippen LogP contribution >= 0.6 is 11.8 Å². The molecule has 0 spiro atoms. The van der Waals surface area contributed by atoms with Crippen molar-refractivity contribution in [3.63, 3.8) is 0 Å². The summed E-state index contributed by atoms with van der Waals surface area (Å²) in [6.45, 7) is 3.96. The van der Waals surface area contributed by atoms with Crippen LogP contribution in [0.1, 0.15) is 22.5 Å². The van der Waals surface area contributed by atoms with Gasteiger partial charge in [-0.1, -0.05) is 18.2 Å². The molecule has 0 saturated heterocycles. The van der Waals surface area contributed by atoms with Crippen LogP contribution in [0.2, 0.25) is 0 Å². The van der Waals surface area contributed by atoms with Gasteiger partial charge in [0, 0.05) is 0 Å². The highest BCUT2D eigenvalue weighted by Crippen LogP contribution is 2.40. The third-order valence-corrected chi connectivity index (χ3v) is 6.20. The number of nitrogens with zero attached hydrogens (tertiary/aromatic N) is 1. The van der Waals surface area contributed by atoms with Gasteiger partial charge < -0.3 is 9.15 Å². The monoisotopic (exact) mass is 419 g/mol. The fourth-order valence-corrected chi connectivity index (χ4v) is 4.31. The van der Waals surface area contributed by atoms with E-state index in [0.29, 0.717) is 33.2 Å². The van der Waals surface area contributed by atoms with Crippen LogP contribution in [-0.4, -0.2) is 18.9 Å². The van der Waals surface area contributed by atoms with Crippen molar-refractivity contribution in [2.24, 2.45) is 0 Å². The number of carbonyl (C=O) groups is 2. The summed E-state index contributed by atoms with van der Waals surface area (Å²) >= 11 is 1.31. The number of benzene rings is 2. The first-order valence-electron chi connectivity index (χ1n) is 9.49. The van der Waals surface area contributed by atoms with Gasteiger partial charge in [-0.25, -0.2) is 4.90 Å². The van der Waals surface area contributed by atoms with Crippen molar-refractivity contribution in [1.82, 2.24) is 0 Å². The van der Waals surface area contributed by atoms with Gasteiger partial charge in [0.05, 0.1) is 35.3 Å². The van der Waals surface area contributed by atoms with Gasteiger partial charge in [-0.15, -0.1) is 11.8 Å². The average molecular weight is 420 g/mol. The number of ether oxygens (including phenoxy) is 1. The van der Waals surface area contributed by atoms with Crippen LogP contribution in [0.3, 0.4) is 0 Å². The molecule has 152 valence electrons. The van der Waals surface area contributed by atoms with Gasteiger partial charge in [-0.05, 0) is 66.9 Å². The van der Waals surface area contributed by atoms with E-state index >= 15 is 0 Å². The van der Waals surface area contributed by atoms with Gasteiger partial charge >= 0.3 is 0 Å². The topological polar surface area (TPSA) is 59.8 Å². The van der Waals surface area contributed by atoms with Crippen LogP contribution in [0.5, 0.6) is 5.75 Å². The van der Waals surface area contributed by atoms with E-state index in [1.165, 1.54) is 16.7 Å². The summed E-state index contributed by atoms with van der Waals surface area (Å²) in [5.41, 5.74) is 3.79. The number of amides is 2. The molecule has 2 aromatic carbocycles. The summed E-state index contributed by atoms with van der Waals surface area (Å²) in [7, 11) is 1.59. The Morgan fingerprint density at radius 3 is 2.37 bits per heavy atom. The highest BCUT2D eigenvalue weighted by molar-refractivity contribution is 8.03. The van der Waals surface area contributed by atoms with Crippen molar-refractivity contribution in [1.29, 1.82) is 0 Å². The molecule has 0 N–H and O–H groups in total. The van der Waals surface area contributed by atoms with Crippen molar-refractivity contribution < 1.29 is 18.7 Å². The second-order valence-corrected chi connectivity index (χ2v) is 8.00. The number of aryl methyl sites for hydroxylation is 2. The molecule has 2 heterocycles. The first-order valence-corrected chi connectivity index (χ1v) is 10.5. The van der Waals surface area contributed by atoms with E-state index in [4.69, 9.17) is 9.15 Å². The Bertz CT molecular complexity index is 1130. The first kappa shape index (κ1) is 20.0. The number of hydrogen-bond donors (Lipinski definition) is 0. The summed E-state index contributed by atoms with van der Waals surface area (Å²) in [6, 6.07) is 16.4. The number of methoxy groups -OCH3 is 1. The Balaban J connectivity index is 1.75. The molecule has 0 unspecified atom stereocenters. The number of imide groups is 1. The number of thioether (sulfide) groups is 1. The van der Waals surface area contributed by atoms with Crippen LogP contribution in [0, 0.1) is 13.8 Å². The lowest BCUT2D eigenvalue weighted by Gasteiger charge is -2.16. The third kappa shape index (κ3) is 3.66. The predicted molar refractivity (Wildman–Crippen MR) is 118 cm³/mol. The average Bonchev–Trinajstić information content (AvgIpc) is 3.35. The van der Waals surface area contributed by atoms with Crippen molar-refractivity contribution in [2.75, 3.05) is 12.0 Å². The van der Waals surface area contributed by atoms with Gasteiger partial charge in [-0.2, -0.15) is 0 Å². The van der Waals surface area contributed by atoms with Crippen molar-refractivity contribution >= 4 is 34.8 Å². The van der Waals surface area contributed by atoms with Crippen LogP contribution in [0.4, 0.5) is 5.69 Å². The Labute approximate surface area is 179 Å². The molecule has 1 aromatic heterocycles. The maximum atomic E-state index is 13.4. The second kappa shape index (κ2) is 8.24. The molecule has 0 saturated carbocycles.